The van der Waals surface area contributed by atoms with Crippen LogP contribution in [0.3, 0.4) is 0 Å². The van der Waals surface area contributed by atoms with E-state index in [-0.39, 0.29) is 18.9 Å². The molecule has 0 spiro atoms. The third-order valence-electron chi connectivity index (χ3n) is 4.21. The van der Waals surface area contributed by atoms with Gasteiger partial charge in [-0.25, -0.2) is 0 Å². The second kappa shape index (κ2) is 6.11. The highest BCUT2D eigenvalue weighted by Crippen LogP contribution is 2.38. The maximum atomic E-state index is 12.7. The Morgan fingerprint density at radius 1 is 0.909 bits per heavy atom. The van der Waals surface area contributed by atoms with Crippen LogP contribution in [0.2, 0.25) is 0 Å². The van der Waals surface area contributed by atoms with E-state index in [2.05, 4.69) is 15.9 Å². The van der Waals surface area contributed by atoms with Crippen LogP contribution in [-0.2, 0) is 0 Å². The maximum Gasteiger partial charge on any atom is 0.391 e. The molecule has 0 saturated heterocycles. The Labute approximate surface area is 135 Å². The number of alkyl halides is 3. The summed E-state index contributed by atoms with van der Waals surface area (Å²) in [5, 5.41) is 2.16. The average molecular weight is 373 g/mol. The Hall–Kier alpha value is -1.23. The van der Waals surface area contributed by atoms with Gasteiger partial charge in [-0.15, -0.1) is 0 Å². The minimum atomic E-state index is -4.07. The molecule has 0 amide bonds. The summed E-state index contributed by atoms with van der Waals surface area (Å²) in [6.45, 7) is 0. The lowest BCUT2D eigenvalue weighted by Gasteiger charge is -2.30. The van der Waals surface area contributed by atoms with E-state index in [0.717, 1.165) is 21.0 Å². The molecule has 0 atom stereocenters. The van der Waals surface area contributed by atoms with Gasteiger partial charge in [0.15, 0.2) is 0 Å². The highest BCUT2D eigenvalue weighted by molar-refractivity contribution is 9.10. The molecule has 5 heteroatoms. The molecule has 0 aromatic heterocycles. The SMILES string of the molecule is FC(F)(F)[C@H]1CC[C@@H](Oc2ccc3ccc(Br)cc3c2)CC1. The molecule has 0 radical (unpaired) electrons. The first-order valence-corrected chi connectivity index (χ1v) is 8.14. The van der Waals surface area contributed by atoms with E-state index >= 15 is 0 Å². The van der Waals surface area contributed by atoms with Crippen LogP contribution >= 0.6 is 15.9 Å². The Morgan fingerprint density at radius 2 is 1.59 bits per heavy atom. The molecule has 1 aliphatic carbocycles. The first-order chi connectivity index (χ1) is 10.4. The third kappa shape index (κ3) is 3.57. The van der Waals surface area contributed by atoms with Crippen LogP contribution in [0.15, 0.2) is 40.9 Å². The number of benzene rings is 2. The molecule has 1 saturated carbocycles. The fourth-order valence-electron chi connectivity index (χ4n) is 2.97. The van der Waals surface area contributed by atoms with Crippen molar-refractivity contribution < 1.29 is 17.9 Å². The van der Waals surface area contributed by atoms with Crippen LogP contribution in [0.4, 0.5) is 13.2 Å². The van der Waals surface area contributed by atoms with Gasteiger partial charge in [0.25, 0.3) is 0 Å². The smallest absolute Gasteiger partial charge is 0.391 e. The van der Waals surface area contributed by atoms with Gasteiger partial charge in [-0.05, 0) is 60.7 Å². The number of hydrogen-bond acceptors (Lipinski definition) is 1. The van der Waals surface area contributed by atoms with Gasteiger partial charge in [0.1, 0.15) is 5.75 Å². The minimum Gasteiger partial charge on any atom is -0.490 e. The summed E-state index contributed by atoms with van der Waals surface area (Å²) in [4.78, 5) is 0. The first-order valence-electron chi connectivity index (χ1n) is 7.34. The van der Waals surface area contributed by atoms with Crippen LogP contribution in [0.5, 0.6) is 5.75 Å². The highest BCUT2D eigenvalue weighted by Gasteiger charge is 2.41. The van der Waals surface area contributed by atoms with Crippen molar-refractivity contribution in [3.8, 4) is 5.75 Å². The lowest BCUT2D eigenvalue weighted by atomic mass is 9.87. The molecule has 0 bridgehead atoms. The van der Waals surface area contributed by atoms with Crippen molar-refractivity contribution in [2.75, 3.05) is 0 Å². The van der Waals surface area contributed by atoms with E-state index in [9.17, 15) is 13.2 Å². The van der Waals surface area contributed by atoms with E-state index in [4.69, 9.17) is 4.74 Å². The van der Waals surface area contributed by atoms with E-state index < -0.39 is 12.1 Å². The van der Waals surface area contributed by atoms with Crippen molar-refractivity contribution >= 4 is 26.7 Å². The van der Waals surface area contributed by atoms with Gasteiger partial charge in [0.2, 0.25) is 0 Å². The van der Waals surface area contributed by atoms with Crippen molar-refractivity contribution in [3.63, 3.8) is 0 Å². The maximum absolute atomic E-state index is 12.7. The monoisotopic (exact) mass is 372 g/mol. The molecule has 1 aliphatic rings. The lowest BCUT2D eigenvalue weighted by molar-refractivity contribution is -0.185. The standard InChI is InChI=1S/C17H16BrF3O/c18-14-5-1-11-2-6-16(10-12(11)9-14)22-15-7-3-13(4-8-15)17(19,20)21/h1-2,5-6,9-10,13,15H,3-4,7-8H2/t13-,15+. The van der Waals surface area contributed by atoms with Crippen molar-refractivity contribution in [1.29, 1.82) is 0 Å². The predicted octanol–water partition coefficient (Wildman–Crippen LogP) is 6.10. The van der Waals surface area contributed by atoms with Crippen molar-refractivity contribution in [2.45, 2.75) is 38.0 Å². The highest BCUT2D eigenvalue weighted by atomic mass is 79.9. The molecule has 22 heavy (non-hydrogen) atoms. The molecule has 1 nitrogen and oxygen atoms in total. The number of ether oxygens (including phenoxy) is 1. The number of hydrogen-bond donors (Lipinski definition) is 0. The summed E-state index contributed by atoms with van der Waals surface area (Å²) >= 11 is 3.43. The molecule has 0 N–H and O–H groups in total. The topological polar surface area (TPSA) is 9.23 Å². The Balaban J connectivity index is 1.67. The lowest BCUT2D eigenvalue weighted by Crippen LogP contribution is -2.31. The summed E-state index contributed by atoms with van der Waals surface area (Å²) < 4.78 is 44.9. The first kappa shape index (κ1) is 15.7. The second-order valence-corrected chi connectivity index (χ2v) is 6.70. The van der Waals surface area contributed by atoms with E-state index in [1.165, 1.54) is 0 Å². The van der Waals surface area contributed by atoms with Crippen LogP contribution in [-0.4, -0.2) is 12.3 Å². The average Bonchev–Trinajstić information content (AvgIpc) is 2.46. The molecule has 3 rings (SSSR count). The summed E-state index contributed by atoms with van der Waals surface area (Å²) in [6, 6.07) is 11.8. The van der Waals surface area contributed by atoms with Crippen LogP contribution in [0.1, 0.15) is 25.7 Å². The summed E-state index contributed by atoms with van der Waals surface area (Å²) in [5.41, 5.74) is 0. The van der Waals surface area contributed by atoms with Gasteiger partial charge in [-0.2, -0.15) is 13.2 Å². The quantitative estimate of drug-likeness (QED) is 0.618. The zero-order valence-corrected chi connectivity index (χ0v) is 13.5. The Morgan fingerprint density at radius 3 is 2.27 bits per heavy atom. The Kier molecular flexibility index (Phi) is 4.35. The van der Waals surface area contributed by atoms with Crippen LogP contribution in [0, 0.1) is 5.92 Å². The molecule has 2 aromatic carbocycles. The molecule has 2 aromatic rings. The van der Waals surface area contributed by atoms with E-state index in [1.54, 1.807) is 0 Å². The Bertz CT molecular complexity index is 660. The molecule has 1 fully saturated rings. The van der Waals surface area contributed by atoms with Crippen LogP contribution < -0.4 is 4.74 Å². The van der Waals surface area contributed by atoms with Crippen LogP contribution in [0.25, 0.3) is 10.8 Å². The van der Waals surface area contributed by atoms with Crippen molar-refractivity contribution in [2.24, 2.45) is 5.92 Å². The predicted molar refractivity (Wildman–Crippen MR) is 84.1 cm³/mol. The summed E-state index contributed by atoms with van der Waals surface area (Å²) in [5.74, 6) is -0.444. The number of rotatable bonds is 2. The fraction of sp³-hybridized carbons (Fsp3) is 0.412. The van der Waals surface area contributed by atoms with Gasteiger partial charge >= 0.3 is 6.18 Å². The number of halogens is 4. The van der Waals surface area contributed by atoms with E-state index in [1.807, 2.05) is 36.4 Å². The van der Waals surface area contributed by atoms with Gasteiger partial charge in [-0.3, -0.25) is 0 Å². The largest absolute Gasteiger partial charge is 0.490 e. The van der Waals surface area contributed by atoms with Crippen molar-refractivity contribution in [3.05, 3.63) is 40.9 Å². The molecule has 0 heterocycles. The normalized spacial score (nSPS) is 22.7. The number of fused-ring (bicyclic) bond motifs is 1. The third-order valence-corrected chi connectivity index (χ3v) is 4.71. The van der Waals surface area contributed by atoms with Gasteiger partial charge < -0.3 is 4.74 Å². The zero-order chi connectivity index (χ0) is 15.7. The van der Waals surface area contributed by atoms with Crippen molar-refractivity contribution in [1.82, 2.24) is 0 Å². The summed E-state index contributed by atoms with van der Waals surface area (Å²) in [6.07, 6.45) is -2.95. The molecule has 118 valence electrons. The van der Waals surface area contributed by atoms with E-state index in [0.29, 0.717) is 12.8 Å². The minimum absolute atomic E-state index is 0.122. The molecular formula is C17H16BrF3O. The molecule has 0 unspecified atom stereocenters. The zero-order valence-electron chi connectivity index (χ0n) is 11.9. The fourth-order valence-corrected chi connectivity index (χ4v) is 3.35. The molecular weight excluding hydrogens is 357 g/mol. The summed E-state index contributed by atoms with van der Waals surface area (Å²) in [7, 11) is 0. The van der Waals surface area contributed by atoms with Gasteiger partial charge in [0.05, 0.1) is 12.0 Å². The van der Waals surface area contributed by atoms with Gasteiger partial charge in [0, 0.05) is 4.47 Å². The van der Waals surface area contributed by atoms with Gasteiger partial charge in [-0.1, -0.05) is 28.1 Å². The second-order valence-electron chi connectivity index (χ2n) is 5.79. The molecule has 0 aliphatic heterocycles.